The van der Waals surface area contributed by atoms with Gasteiger partial charge in [-0.15, -0.1) is 0 Å². The topological polar surface area (TPSA) is 55.1 Å². The van der Waals surface area contributed by atoms with Gasteiger partial charge in [-0.25, -0.2) is 0 Å². The van der Waals surface area contributed by atoms with Crippen LogP contribution in [0.5, 0.6) is 0 Å². The Hall–Kier alpha value is -1.35. The molecule has 1 amide bonds. The van der Waals surface area contributed by atoms with Crippen LogP contribution in [-0.2, 0) is 24.2 Å². The Morgan fingerprint density at radius 1 is 1.33 bits per heavy atom. The molecular formula is C15H22N2O. The van der Waals surface area contributed by atoms with Crippen LogP contribution < -0.4 is 11.1 Å². The maximum atomic E-state index is 11.2. The van der Waals surface area contributed by atoms with E-state index in [0.29, 0.717) is 6.54 Å². The van der Waals surface area contributed by atoms with Crippen LogP contribution in [0.15, 0.2) is 18.2 Å². The lowest BCUT2D eigenvalue weighted by Gasteiger charge is -2.20. The summed E-state index contributed by atoms with van der Waals surface area (Å²) < 4.78 is 0. The average Bonchev–Trinajstić information content (AvgIpc) is 2.75. The number of hydrogen-bond donors (Lipinski definition) is 2. The van der Waals surface area contributed by atoms with Gasteiger partial charge in [0.25, 0.3) is 0 Å². The zero-order valence-corrected chi connectivity index (χ0v) is 11.3. The molecule has 3 heteroatoms. The molecule has 2 rings (SSSR count). The molecule has 0 saturated carbocycles. The van der Waals surface area contributed by atoms with Crippen molar-refractivity contribution in [2.75, 3.05) is 6.54 Å². The number of carbonyl (C=O) groups is 1. The highest BCUT2D eigenvalue weighted by atomic mass is 16.1. The fourth-order valence-electron chi connectivity index (χ4n) is 2.34. The van der Waals surface area contributed by atoms with E-state index in [-0.39, 0.29) is 5.91 Å². The van der Waals surface area contributed by atoms with Gasteiger partial charge in [0.05, 0.1) is 5.41 Å². The van der Waals surface area contributed by atoms with Crippen molar-refractivity contribution >= 4 is 5.91 Å². The smallest absolute Gasteiger partial charge is 0.224 e. The number of aryl methyl sites for hydroxylation is 2. The van der Waals surface area contributed by atoms with E-state index in [1.54, 1.807) is 0 Å². The molecule has 0 radical (unpaired) electrons. The van der Waals surface area contributed by atoms with E-state index < -0.39 is 5.41 Å². The highest BCUT2D eigenvalue weighted by molar-refractivity contribution is 5.80. The van der Waals surface area contributed by atoms with E-state index in [9.17, 15) is 4.79 Å². The molecule has 0 aliphatic heterocycles. The number of carbonyl (C=O) groups excluding carboxylic acids is 1. The van der Waals surface area contributed by atoms with Gasteiger partial charge >= 0.3 is 0 Å². The van der Waals surface area contributed by atoms with Crippen LogP contribution in [0.25, 0.3) is 0 Å². The van der Waals surface area contributed by atoms with Crippen LogP contribution in [-0.4, -0.2) is 12.5 Å². The Labute approximate surface area is 109 Å². The van der Waals surface area contributed by atoms with Gasteiger partial charge in [0.2, 0.25) is 5.91 Å². The lowest BCUT2D eigenvalue weighted by Crippen LogP contribution is -2.40. The SMILES string of the molecule is CC(C)(CNCc1ccc2c(c1)CCC2)C(N)=O. The first-order chi connectivity index (χ1) is 8.49. The number of benzene rings is 1. The monoisotopic (exact) mass is 246 g/mol. The van der Waals surface area contributed by atoms with Crippen LogP contribution in [0.3, 0.4) is 0 Å². The van der Waals surface area contributed by atoms with Gasteiger partial charge in [-0.2, -0.15) is 0 Å². The minimum atomic E-state index is -0.489. The third-order valence-electron chi connectivity index (χ3n) is 3.73. The minimum Gasteiger partial charge on any atom is -0.369 e. The molecule has 1 aliphatic rings. The molecular weight excluding hydrogens is 224 g/mol. The number of rotatable bonds is 5. The molecule has 0 saturated heterocycles. The summed E-state index contributed by atoms with van der Waals surface area (Å²) in [6, 6.07) is 6.69. The van der Waals surface area contributed by atoms with E-state index in [1.807, 2.05) is 13.8 Å². The Morgan fingerprint density at radius 3 is 2.78 bits per heavy atom. The molecule has 0 unspecified atom stereocenters. The first-order valence-electron chi connectivity index (χ1n) is 6.60. The second kappa shape index (κ2) is 5.11. The Bertz CT molecular complexity index is 452. The number of fused-ring (bicyclic) bond motifs is 1. The van der Waals surface area contributed by atoms with Crippen LogP contribution in [0.2, 0.25) is 0 Å². The molecule has 0 spiro atoms. The van der Waals surface area contributed by atoms with E-state index in [4.69, 9.17) is 5.73 Å². The summed E-state index contributed by atoms with van der Waals surface area (Å²) in [5.74, 6) is -0.260. The minimum absolute atomic E-state index is 0.260. The Balaban J connectivity index is 1.89. The fourth-order valence-corrected chi connectivity index (χ4v) is 2.34. The van der Waals surface area contributed by atoms with Crippen molar-refractivity contribution in [2.45, 2.75) is 39.7 Å². The number of nitrogens with two attached hydrogens (primary N) is 1. The summed E-state index contributed by atoms with van der Waals surface area (Å²) in [6.07, 6.45) is 3.70. The van der Waals surface area contributed by atoms with Gasteiger partial charge in [-0.05, 0) is 49.8 Å². The largest absolute Gasteiger partial charge is 0.369 e. The number of nitrogens with one attached hydrogen (secondary N) is 1. The normalized spacial score (nSPS) is 14.6. The molecule has 0 fully saturated rings. The van der Waals surface area contributed by atoms with Crippen molar-refractivity contribution in [1.82, 2.24) is 5.32 Å². The molecule has 3 N–H and O–H groups in total. The number of primary amides is 1. The van der Waals surface area contributed by atoms with Gasteiger partial charge in [-0.1, -0.05) is 18.2 Å². The van der Waals surface area contributed by atoms with Crippen molar-refractivity contribution < 1.29 is 4.79 Å². The lowest BCUT2D eigenvalue weighted by molar-refractivity contribution is -0.125. The first kappa shape index (κ1) is 13.1. The van der Waals surface area contributed by atoms with Crippen molar-refractivity contribution in [1.29, 1.82) is 0 Å². The third kappa shape index (κ3) is 2.91. The highest BCUT2D eigenvalue weighted by Gasteiger charge is 2.24. The fraction of sp³-hybridized carbons (Fsp3) is 0.533. The zero-order valence-electron chi connectivity index (χ0n) is 11.3. The van der Waals surface area contributed by atoms with Crippen LogP contribution in [0.4, 0.5) is 0 Å². The van der Waals surface area contributed by atoms with Crippen molar-refractivity contribution in [3.63, 3.8) is 0 Å². The second-order valence-electron chi connectivity index (χ2n) is 5.81. The van der Waals surface area contributed by atoms with Gasteiger partial charge in [0.1, 0.15) is 0 Å². The van der Waals surface area contributed by atoms with Gasteiger partial charge in [-0.3, -0.25) is 4.79 Å². The summed E-state index contributed by atoms with van der Waals surface area (Å²) in [5.41, 5.74) is 9.13. The van der Waals surface area contributed by atoms with E-state index in [0.717, 1.165) is 6.54 Å². The van der Waals surface area contributed by atoms with Gasteiger partial charge in [0, 0.05) is 13.1 Å². The summed E-state index contributed by atoms with van der Waals surface area (Å²) in [7, 11) is 0. The number of hydrogen-bond acceptors (Lipinski definition) is 2. The molecule has 0 atom stereocenters. The third-order valence-corrected chi connectivity index (χ3v) is 3.73. The van der Waals surface area contributed by atoms with Gasteiger partial charge < -0.3 is 11.1 Å². The van der Waals surface area contributed by atoms with Crippen molar-refractivity contribution in [3.8, 4) is 0 Å². The highest BCUT2D eigenvalue weighted by Crippen LogP contribution is 2.22. The molecule has 1 aliphatic carbocycles. The molecule has 0 aromatic heterocycles. The van der Waals surface area contributed by atoms with E-state index in [2.05, 4.69) is 23.5 Å². The molecule has 0 heterocycles. The summed E-state index contributed by atoms with van der Waals surface area (Å²) in [4.78, 5) is 11.2. The molecule has 1 aromatic carbocycles. The predicted octanol–water partition coefficient (Wildman–Crippen LogP) is 1.78. The maximum absolute atomic E-state index is 11.2. The summed E-state index contributed by atoms with van der Waals surface area (Å²) in [5, 5.41) is 3.31. The van der Waals surface area contributed by atoms with E-state index >= 15 is 0 Å². The Morgan fingerprint density at radius 2 is 2.06 bits per heavy atom. The van der Waals surface area contributed by atoms with Crippen LogP contribution in [0.1, 0.15) is 37.0 Å². The molecule has 1 aromatic rings. The zero-order chi connectivity index (χ0) is 13.2. The van der Waals surface area contributed by atoms with E-state index in [1.165, 1.54) is 36.0 Å². The summed E-state index contributed by atoms with van der Waals surface area (Å²) in [6.45, 7) is 5.14. The second-order valence-corrected chi connectivity index (χ2v) is 5.81. The summed E-state index contributed by atoms with van der Waals surface area (Å²) >= 11 is 0. The lowest BCUT2D eigenvalue weighted by atomic mass is 9.92. The molecule has 98 valence electrons. The molecule has 0 bridgehead atoms. The molecule has 3 nitrogen and oxygen atoms in total. The van der Waals surface area contributed by atoms with Gasteiger partial charge in [0.15, 0.2) is 0 Å². The van der Waals surface area contributed by atoms with Crippen molar-refractivity contribution in [2.24, 2.45) is 11.1 Å². The van der Waals surface area contributed by atoms with Crippen LogP contribution >= 0.6 is 0 Å². The number of amides is 1. The maximum Gasteiger partial charge on any atom is 0.224 e. The Kier molecular flexibility index (Phi) is 3.71. The van der Waals surface area contributed by atoms with Crippen molar-refractivity contribution in [3.05, 3.63) is 34.9 Å². The average molecular weight is 246 g/mol. The van der Waals surface area contributed by atoms with Crippen LogP contribution in [0, 0.1) is 5.41 Å². The quantitative estimate of drug-likeness (QED) is 0.832. The first-order valence-corrected chi connectivity index (χ1v) is 6.60. The molecule has 18 heavy (non-hydrogen) atoms. The predicted molar refractivity (Wildman–Crippen MR) is 73.1 cm³/mol. The standard InChI is InChI=1S/C15H22N2O/c1-15(2,14(16)18)10-17-9-11-6-7-12-4-3-5-13(12)8-11/h6-8,17H,3-5,9-10H2,1-2H3,(H2,16,18).